The van der Waals surface area contributed by atoms with E-state index in [0.717, 1.165) is 41.5 Å². The smallest absolute Gasteiger partial charge is 0.326 e. The van der Waals surface area contributed by atoms with E-state index in [9.17, 15) is 19.7 Å². The summed E-state index contributed by atoms with van der Waals surface area (Å²) in [5, 5.41) is 23.9. The maximum atomic E-state index is 11.9. The van der Waals surface area contributed by atoms with Crippen LogP contribution in [-0.2, 0) is 24.8 Å². The lowest BCUT2D eigenvalue weighted by molar-refractivity contribution is -0.384. The topological polar surface area (TPSA) is 159 Å². The van der Waals surface area contributed by atoms with Crippen LogP contribution < -0.4 is 11.1 Å². The summed E-state index contributed by atoms with van der Waals surface area (Å²) in [5.41, 5.74) is 11.5. The minimum atomic E-state index is -0.932. The van der Waals surface area contributed by atoms with Gasteiger partial charge in [0.2, 0.25) is 0 Å². The van der Waals surface area contributed by atoms with Gasteiger partial charge in [0.05, 0.1) is 21.9 Å². The molecule has 3 aromatic rings. The molecule has 0 saturated heterocycles. The van der Waals surface area contributed by atoms with Gasteiger partial charge in [-0.15, -0.1) is 0 Å². The lowest BCUT2D eigenvalue weighted by atomic mass is 9.78. The molecule has 1 aliphatic rings. The van der Waals surface area contributed by atoms with Gasteiger partial charge in [0.15, 0.2) is 0 Å². The SMILES string of the molecule is CCCCNC1(C(N)CCC)c2cc(/C(C/C(=N/OC(C)=O)c3ccccc3)=N/OC(C)=O)ccc2-c2ccc([N+](=O)[O-])cc21. The van der Waals surface area contributed by atoms with Crippen LogP contribution in [-0.4, -0.2) is 40.9 Å². The average Bonchev–Trinajstić information content (AvgIpc) is 3.30. The van der Waals surface area contributed by atoms with Gasteiger partial charge in [0.1, 0.15) is 0 Å². The molecule has 0 radical (unpaired) electrons. The number of carbonyl (C=O) groups is 2. The van der Waals surface area contributed by atoms with Gasteiger partial charge in [-0.25, -0.2) is 9.59 Å². The molecule has 3 N–H and O–H groups in total. The Hall–Kier alpha value is -4.74. The first-order valence-electron chi connectivity index (χ1n) is 15.1. The van der Waals surface area contributed by atoms with Gasteiger partial charge in [0, 0.05) is 44.0 Å². The van der Waals surface area contributed by atoms with Crippen LogP contribution in [0.15, 0.2) is 77.0 Å². The van der Waals surface area contributed by atoms with Crippen LogP contribution in [0.25, 0.3) is 11.1 Å². The maximum Gasteiger partial charge on any atom is 0.331 e. The Morgan fingerprint density at radius 1 is 0.889 bits per heavy atom. The van der Waals surface area contributed by atoms with Gasteiger partial charge >= 0.3 is 11.9 Å². The second-order valence-electron chi connectivity index (χ2n) is 11.0. The third kappa shape index (κ3) is 7.33. The maximum absolute atomic E-state index is 11.9. The molecule has 1 aliphatic carbocycles. The van der Waals surface area contributed by atoms with Crippen LogP contribution in [0.1, 0.15) is 82.1 Å². The van der Waals surface area contributed by atoms with E-state index in [1.54, 1.807) is 12.1 Å². The van der Waals surface area contributed by atoms with Crippen molar-refractivity contribution in [2.75, 3.05) is 6.54 Å². The summed E-state index contributed by atoms with van der Waals surface area (Å²) in [6.45, 7) is 7.30. The lowest BCUT2D eigenvalue weighted by Gasteiger charge is -2.39. The van der Waals surface area contributed by atoms with Crippen LogP contribution in [0.2, 0.25) is 0 Å². The van der Waals surface area contributed by atoms with E-state index in [0.29, 0.717) is 35.5 Å². The summed E-state index contributed by atoms with van der Waals surface area (Å²) in [6, 6.07) is 19.4. The van der Waals surface area contributed by atoms with Crippen molar-refractivity contribution in [2.45, 2.75) is 71.4 Å². The first-order valence-corrected chi connectivity index (χ1v) is 15.1. The Balaban J connectivity index is 1.93. The van der Waals surface area contributed by atoms with Crippen LogP contribution in [0.5, 0.6) is 0 Å². The molecular formula is C34H39N5O6. The Kier molecular flexibility index (Phi) is 10.9. The summed E-state index contributed by atoms with van der Waals surface area (Å²) in [4.78, 5) is 45.2. The van der Waals surface area contributed by atoms with E-state index in [-0.39, 0.29) is 12.1 Å². The number of fused-ring (bicyclic) bond motifs is 3. The summed E-state index contributed by atoms with van der Waals surface area (Å²) in [6.07, 6.45) is 3.35. The highest BCUT2D eigenvalue weighted by Crippen LogP contribution is 2.51. The Morgan fingerprint density at radius 2 is 1.49 bits per heavy atom. The predicted molar refractivity (Wildman–Crippen MR) is 173 cm³/mol. The van der Waals surface area contributed by atoms with Gasteiger partial charge in [-0.3, -0.25) is 10.1 Å². The van der Waals surface area contributed by atoms with Crippen LogP contribution in [0.4, 0.5) is 5.69 Å². The summed E-state index contributed by atoms with van der Waals surface area (Å²) in [7, 11) is 0. The number of unbranched alkanes of at least 4 members (excludes halogenated alkanes) is 1. The first kappa shape index (κ1) is 33.2. The fourth-order valence-corrected chi connectivity index (χ4v) is 5.75. The van der Waals surface area contributed by atoms with Crippen molar-refractivity contribution in [2.24, 2.45) is 16.0 Å². The van der Waals surface area contributed by atoms with Crippen molar-refractivity contribution in [1.29, 1.82) is 0 Å². The quantitative estimate of drug-likeness (QED) is 0.0741. The monoisotopic (exact) mass is 613 g/mol. The van der Waals surface area contributed by atoms with Crippen LogP contribution in [0, 0.1) is 10.1 Å². The van der Waals surface area contributed by atoms with Crippen molar-refractivity contribution in [1.82, 2.24) is 5.32 Å². The molecule has 45 heavy (non-hydrogen) atoms. The van der Waals surface area contributed by atoms with Gasteiger partial charge in [0.25, 0.3) is 5.69 Å². The van der Waals surface area contributed by atoms with Gasteiger partial charge in [-0.2, -0.15) is 0 Å². The number of nitrogens with zero attached hydrogens (tertiary/aromatic N) is 3. The largest absolute Gasteiger partial charge is 0.331 e. The number of carbonyl (C=O) groups excluding carboxylic acids is 2. The molecule has 3 aromatic carbocycles. The van der Waals surface area contributed by atoms with E-state index in [1.165, 1.54) is 19.9 Å². The third-order valence-electron chi connectivity index (χ3n) is 7.81. The zero-order valence-corrected chi connectivity index (χ0v) is 26.0. The minimum absolute atomic E-state index is 0.0153. The molecule has 0 saturated carbocycles. The van der Waals surface area contributed by atoms with Crippen LogP contribution >= 0.6 is 0 Å². The molecule has 236 valence electrons. The fraction of sp³-hybridized carbons (Fsp3) is 0.353. The number of hydrogen-bond donors (Lipinski definition) is 2. The zero-order valence-electron chi connectivity index (χ0n) is 26.0. The molecule has 0 amide bonds. The van der Waals surface area contributed by atoms with E-state index in [4.69, 9.17) is 15.4 Å². The molecule has 4 rings (SSSR count). The summed E-state index contributed by atoms with van der Waals surface area (Å²) in [5.74, 6) is -1.19. The molecule has 0 fully saturated rings. The van der Waals surface area contributed by atoms with E-state index < -0.39 is 28.4 Å². The predicted octanol–water partition coefficient (Wildman–Crippen LogP) is 5.96. The van der Waals surface area contributed by atoms with Crippen molar-refractivity contribution in [3.63, 3.8) is 0 Å². The van der Waals surface area contributed by atoms with Crippen molar-refractivity contribution in [3.05, 3.63) is 99.1 Å². The highest BCUT2D eigenvalue weighted by molar-refractivity contribution is 6.18. The number of rotatable bonds is 14. The second-order valence-corrected chi connectivity index (χ2v) is 11.0. The van der Waals surface area contributed by atoms with E-state index >= 15 is 0 Å². The number of nitrogens with two attached hydrogens (primary N) is 1. The number of benzene rings is 3. The first-order chi connectivity index (χ1) is 21.6. The number of non-ortho nitro benzene ring substituents is 1. The molecule has 0 aromatic heterocycles. The highest BCUT2D eigenvalue weighted by atomic mass is 16.7. The number of nitro benzene ring substituents is 1. The van der Waals surface area contributed by atoms with Gasteiger partial charge in [-0.1, -0.05) is 79.5 Å². The van der Waals surface area contributed by atoms with Gasteiger partial charge < -0.3 is 20.7 Å². The highest BCUT2D eigenvalue weighted by Gasteiger charge is 2.48. The number of oxime groups is 2. The molecule has 0 spiro atoms. The summed E-state index contributed by atoms with van der Waals surface area (Å²) < 4.78 is 0. The van der Waals surface area contributed by atoms with E-state index in [2.05, 4.69) is 29.5 Å². The molecule has 11 nitrogen and oxygen atoms in total. The number of nitrogens with one attached hydrogen (secondary N) is 1. The van der Waals surface area contributed by atoms with Crippen molar-refractivity contribution in [3.8, 4) is 11.1 Å². The standard InChI is InChI=1S/C34H39N5O6/c1-5-7-18-36-34(33(35)11-6-2)29-19-25(14-16-27(29)28-17-15-26(39(42)43)20-30(28)34)32(38-45-23(4)41)21-31(37-44-22(3)40)24-12-9-8-10-13-24/h8-10,12-17,19-20,33,36H,5-7,11,18,21,35H2,1-4H3/b37-31-,38-32+. The fourth-order valence-electron chi connectivity index (χ4n) is 5.75. The molecule has 0 heterocycles. The molecule has 0 aliphatic heterocycles. The molecular weight excluding hydrogens is 574 g/mol. The molecule has 11 heteroatoms. The lowest BCUT2D eigenvalue weighted by Crippen LogP contribution is -2.55. The zero-order chi connectivity index (χ0) is 32.6. The normalized spacial score (nSPS) is 16.5. The Bertz CT molecular complexity index is 1620. The third-order valence-corrected chi connectivity index (χ3v) is 7.81. The number of hydrogen-bond acceptors (Lipinski definition) is 10. The van der Waals surface area contributed by atoms with Crippen molar-refractivity contribution < 1.29 is 24.2 Å². The average molecular weight is 614 g/mol. The molecule has 2 unspecified atom stereocenters. The van der Waals surface area contributed by atoms with Crippen molar-refractivity contribution >= 4 is 29.0 Å². The Morgan fingerprint density at radius 3 is 2.07 bits per heavy atom. The summed E-state index contributed by atoms with van der Waals surface area (Å²) >= 11 is 0. The van der Waals surface area contributed by atoms with E-state index in [1.807, 2.05) is 48.5 Å². The minimum Gasteiger partial charge on any atom is -0.326 e. The second kappa shape index (κ2) is 14.8. The van der Waals surface area contributed by atoms with Gasteiger partial charge in [-0.05, 0) is 59.3 Å². The van der Waals surface area contributed by atoms with Crippen LogP contribution in [0.3, 0.4) is 0 Å². The molecule has 0 bridgehead atoms. The Labute approximate surface area is 262 Å². The molecule has 2 atom stereocenters. The number of nitro groups is 1.